The number of nitrogens with zero attached hydrogens (tertiary/aromatic N) is 1. The first kappa shape index (κ1) is 21.2. The van der Waals surface area contributed by atoms with Crippen molar-refractivity contribution in [3.8, 4) is 34.3 Å². The lowest BCUT2D eigenvalue weighted by molar-refractivity contribution is 0.102. The molecule has 1 amide bonds. The number of rotatable bonds is 8. The van der Waals surface area contributed by atoms with E-state index in [-0.39, 0.29) is 5.91 Å². The summed E-state index contributed by atoms with van der Waals surface area (Å²) in [4.78, 5) is 17.5. The van der Waals surface area contributed by atoms with Crippen molar-refractivity contribution in [3.05, 3.63) is 84.6 Å². The molecule has 0 bridgehead atoms. The van der Waals surface area contributed by atoms with Crippen molar-refractivity contribution in [1.29, 1.82) is 0 Å². The van der Waals surface area contributed by atoms with E-state index in [2.05, 4.69) is 10.3 Å². The number of anilines is 1. The summed E-state index contributed by atoms with van der Waals surface area (Å²) in [6.07, 6.45) is 1.67. The molecule has 0 saturated carbocycles. The molecule has 0 saturated heterocycles. The van der Waals surface area contributed by atoms with Crippen LogP contribution in [0.2, 0.25) is 0 Å². The molecule has 4 rings (SSSR count). The summed E-state index contributed by atoms with van der Waals surface area (Å²) >= 11 is 0. The predicted molar refractivity (Wildman–Crippen MR) is 124 cm³/mol. The smallest absolute Gasteiger partial charge is 0.256 e. The minimum absolute atomic E-state index is 0.272. The Hall–Kier alpha value is -4.06. The zero-order valence-electron chi connectivity index (χ0n) is 18.0. The van der Waals surface area contributed by atoms with Crippen molar-refractivity contribution >= 4 is 11.6 Å². The van der Waals surface area contributed by atoms with Crippen LogP contribution < -0.4 is 14.8 Å². The number of hydrogen-bond donors (Lipinski definition) is 1. The van der Waals surface area contributed by atoms with Gasteiger partial charge in [0.05, 0.1) is 25.0 Å². The van der Waals surface area contributed by atoms with Crippen molar-refractivity contribution in [3.63, 3.8) is 0 Å². The molecule has 6 heteroatoms. The second kappa shape index (κ2) is 9.83. The molecular formula is C26H24N2O4. The predicted octanol–water partition coefficient (Wildman–Crippen LogP) is 6.06. The van der Waals surface area contributed by atoms with Gasteiger partial charge in [-0.2, -0.15) is 0 Å². The number of nitrogens with one attached hydrogen (secondary N) is 1. The van der Waals surface area contributed by atoms with Crippen LogP contribution in [0.4, 0.5) is 5.69 Å². The van der Waals surface area contributed by atoms with E-state index in [1.165, 1.54) is 0 Å². The second-order valence-corrected chi connectivity index (χ2v) is 6.92. The van der Waals surface area contributed by atoms with Gasteiger partial charge in [-0.05, 0) is 38.1 Å². The van der Waals surface area contributed by atoms with Crippen molar-refractivity contribution in [2.45, 2.75) is 13.8 Å². The lowest BCUT2D eigenvalue weighted by atomic mass is 10.1. The largest absolute Gasteiger partial charge is 0.490 e. The molecule has 0 fully saturated rings. The maximum Gasteiger partial charge on any atom is 0.256 e. The van der Waals surface area contributed by atoms with Gasteiger partial charge in [-0.25, -0.2) is 4.98 Å². The van der Waals surface area contributed by atoms with Crippen LogP contribution in [0.5, 0.6) is 11.5 Å². The molecular weight excluding hydrogens is 404 g/mol. The fourth-order valence-electron chi connectivity index (χ4n) is 3.33. The minimum Gasteiger partial charge on any atom is -0.490 e. The molecule has 3 aromatic carbocycles. The van der Waals surface area contributed by atoms with E-state index in [0.717, 1.165) is 5.56 Å². The lowest BCUT2D eigenvalue weighted by Gasteiger charge is -2.13. The molecule has 0 aliphatic carbocycles. The molecule has 1 N–H and O–H groups in total. The molecule has 1 aromatic heterocycles. The van der Waals surface area contributed by atoms with Gasteiger partial charge in [0.25, 0.3) is 5.91 Å². The first-order chi connectivity index (χ1) is 15.7. The molecule has 0 radical (unpaired) electrons. The Balaban J connectivity index is 1.60. The van der Waals surface area contributed by atoms with E-state index in [4.69, 9.17) is 13.9 Å². The Labute approximate surface area is 186 Å². The fourth-order valence-corrected chi connectivity index (χ4v) is 3.33. The van der Waals surface area contributed by atoms with Crippen molar-refractivity contribution < 1.29 is 18.7 Å². The molecule has 4 aromatic rings. The topological polar surface area (TPSA) is 73.6 Å². The number of benzene rings is 3. The lowest BCUT2D eigenvalue weighted by Crippen LogP contribution is -2.13. The first-order valence-corrected chi connectivity index (χ1v) is 10.5. The van der Waals surface area contributed by atoms with Gasteiger partial charge in [-0.3, -0.25) is 4.79 Å². The normalized spacial score (nSPS) is 10.6. The maximum atomic E-state index is 13.1. The van der Waals surface area contributed by atoms with Crippen LogP contribution in [0.3, 0.4) is 0 Å². The third kappa shape index (κ3) is 4.64. The standard InChI is InChI=1S/C26H24N2O4/c1-3-30-22-15-14-19(16-23(22)31-4-2)28-25(29)20-12-8-9-13-21(20)26-27-17-24(32-26)18-10-6-5-7-11-18/h5-17H,3-4H2,1-2H3,(H,28,29). The second-order valence-electron chi connectivity index (χ2n) is 6.92. The van der Waals surface area contributed by atoms with Gasteiger partial charge in [0, 0.05) is 22.9 Å². The van der Waals surface area contributed by atoms with Gasteiger partial charge in [0.15, 0.2) is 17.3 Å². The highest BCUT2D eigenvalue weighted by molar-refractivity contribution is 6.08. The first-order valence-electron chi connectivity index (χ1n) is 10.5. The van der Waals surface area contributed by atoms with E-state index < -0.39 is 0 Å². The molecule has 0 spiro atoms. The molecule has 0 atom stereocenters. The van der Waals surface area contributed by atoms with Crippen LogP contribution in [0, 0.1) is 0 Å². The number of oxazole rings is 1. The summed E-state index contributed by atoms with van der Waals surface area (Å²) < 4.78 is 17.2. The zero-order chi connectivity index (χ0) is 22.3. The van der Waals surface area contributed by atoms with Crippen molar-refractivity contribution in [2.75, 3.05) is 18.5 Å². The van der Waals surface area contributed by atoms with E-state index >= 15 is 0 Å². The average molecular weight is 428 g/mol. The zero-order valence-corrected chi connectivity index (χ0v) is 18.0. The van der Waals surface area contributed by atoms with E-state index in [9.17, 15) is 4.79 Å². The Morgan fingerprint density at radius 3 is 2.41 bits per heavy atom. The molecule has 0 aliphatic heterocycles. The van der Waals surface area contributed by atoms with Gasteiger partial charge in [-0.15, -0.1) is 0 Å². The Morgan fingerprint density at radius 1 is 0.906 bits per heavy atom. The summed E-state index contributed by atoms with van der Waals surface area (Å²) in [5.74, 6) is 1.98. The number of carbonyl (C=O) groups excluding carboxylic acids is 1. The van der Waals surface area contributed by atoms with E-state index in [0.29, 0.717) is 53.2 Å². The van der Waals surface area contributed by atoms with Crippen LogP contribution in [0.15, 0.2) is 83.4 Å². The van der Waals surface area contributed by atoms with Gasteiger partial charge < -0.3 is 19.2 Å². The highest BCUT2D eigenvalue weighted by atomic mass is 16.5. The highest BCUT2D eigenvalue weighted by Crippen LogP contribution is 2.32. The number of amides is 1. The summed E-state index contributed by atoms with van der Waals surface area (Å²) in [5.41, 5.74) is 2.60. The van der Waals surface area contributed by atoms with Crippen LogP contribution in [-0.2, 0) is 0 Å². The van der Waals surface area contributed by atoms with Gasteiger partial charge in [0.2, 0.25) is 5.89 Å². The molecule has 162 valence electrons. The van der Waals surface area contributed by atoms with Gasteiger partial charge in [-0.1, -0.05) is 42.5 Å². The van der Waals surface area contributed by atoms with Gasteiger partial charge in [0.1, 0.15) is 0 Å². The van der Waals surface area contributed by atoms with E-state index in [1.54, 1.807) is 30.5 Å². The van der Waals surface area contributed by atoms with Crippen LogP contribution in [0.1, 0.15) is 24.2 Å². The Morgan fingerprint density at radius 2 is 1.62 bits per heavy atom. The van der Waals surface area contributed by atoms with Gasteiger partial charge >= 0.3 is 0 Å². The third-order valence-electron chi connectivity index (χ3n) is 4.77. The number of carbonyl (C=O) groups is 1. The molecule has 6 nitrogen and oxygen atoms in total. The van der Waals surface area contributed by atoms with Crippen LogP contribution in [0.25, 0.3) is 22.8 Å². The number of aromatic nitrogens is 1. The summed E-state index contributed by atoms with van der Waals surface area (Å²) in [6, 6.07) is 22.3. The highest BCUT2D eigenvalue weighted by Gasteiger charge is 2.18. The van der Waals surface area contributed by atoms with Crippen molar-refractivity contribution in [1.82, 2.24) is 4.98 Å². The van der Waals surface area contributed by atoms with Crippen LogP contribution >= 0.6 is 0 Å². The quantitative estimate of drug-likeness (QED) is 0.369. The number of hydrogen-bond acceptors (Lipinski definition) is 5. The average Bonchev–Trinajstić information content (AvgIpc) is 3.32. The summed E-state index contributed by atoms with van der Waals surface area (Å²) in [7, 11) is 0. The molecule has 1 heterocycles. The van der Waals surface area contributed by atoms with E-state index in [1.807, 2.05) is 62.4 Å². The van der Waals surface area contributed by atoms with Crippen molar-refractivity contribution in [2.24, 2.45) is 0 Å². The molecule has 32 heavy (non-hydrogen) atoms. The molecule has 0 aliphatic rings. The summed E-state index contributed by atoms with van der Waals surface area (Å²) in [6.45, 7) is 4.83. The molecule has 0 unspecified atom stereocenters. The summed E-state index contributed by atoms with van der Waals surface area (Å²) in [5, 5.41) is 2.93. The monoisotopic (exact) mass is 428 g/mol. The Bertz CT molecular complexity index is 1200. The fraction of sp³-hybridized carbons (Fsp3) is 0.154. The van der Waals surface area contributed by atoms with Crippen LogP contribution in [-0.4, -0.2) is 24.1 Å². The minimum atomic E-state index is -0.272. The Kier molecular flexibility index (Phi) is 6.51. The number of ether oxygens (including phenoxy) is 2. The maximum absolute atomic E-state index is 13.1. The third-order valence-corrected chi connectivity index (χ3v) is 4.77. The SMILES string of the molecule is CCOc1ccc(NC(=O)c2ccccc2-c2ncc(-c3ccccc3)o2)cc1OCC.